The zero-order valence-electron chi connectivity index (χ0n) is 16.0. The summed E-state index contributed by atoms with van der Waals surface area (Å²) in [5.41, 5.74) is -1.89. The maximum atomic E-state index is 12.3. The van der Waals surface area contributed by atoms with Crippen molar-refractivity contribution >= 4 is 11.9 Å². The molecule has 7 unspecified atom stereocenters. The molecule has 0 amide bonds. The van der Waals surface area contributed by atoms with E-state index < -0.39 is 47.1 Å². The van der Waals surface area contributed by atoms with Crippen molar-refractivity contribution in [3.63, 3.8) is 0 Å². The third-order valence-electron chi connectivity index (χ3n) is 6.71. The number of carbonyl (C=O) groups excluding carboxylic acids is 2. The third kappa shape index (κ3) is 2.61. The fraction of sp³-hybridized carbons (Fsp3) is 0.800. The second-order valence-electron chi connectivity index (χ2n) is 8.90. The normalized spacial score (nSPS) is 45.1. The Bertz CT molecular complexity index is 628. The van der Waals surface area contributed by atoms with Crippen LogP contribution in [0.2, 0.25) is 0 Å². The van der Waals surface area contributed by atoms with Gasteiger partial charge in [0.25, 0.3) is 0 Å². The van der Waals surface area contributed by atoms with Crippen LogP contribution in [0.25, 0.3) is 0 Å². The quantitative estimate of drug-likeness (QED) is 0.586. The van der Waals surface area contributed by atoms with E-state index in [0.717, 1.165) is 0 Å². The van der Waals surface area contributed by atoms with Crippen molar-refractivity contribution in [1.82, 2.24) is 0 Å². The molecule has 26 heavy (non-hydrogen) atoms. The van der Waals surface area contributed by atoms with Crippen molar-refractivity contribution in [2.45, 2.75) is 77.3 Å². The van der Waals surface area contributed by atoms with Gasteiger partial charge in [-0.2, -0.15) is 0 Å². The molecular formula is C20H30O6. The van der Waals surface area contributed by atoms with E-state index in [2.05, 4.69) is 6.58 Å². The van der Waals surface area contributed by atoms with Crippen molar-refractivity contribution < 1.29 is 29.3 Å². The van der Waals surface area contributed by atoms with Crippen LogP contribution in [0.5, 0.6) is 0 Å². The zero-order chi connectivity index (χ0) is 19.4. The van der Waals surface area contributed by atoms with E-state index in [0.29, 0.717) is 24.8 Å². The van der Waals surface area contributed by atoms with Gasteiger partial charge in [0.15, 0.2) is 0 Å². The van der Waals surface area contributed by atoms with Gasteiger partial charge < -0.3 is 19.7 Å². The molecule has 0 radical (unpaired) electrons. The van der Waals surface area contributed by atoms with Gasteiger partial charge in [-0.1, -0.05) is 34.3 Å². The molecular weight excluding hydrogens is 336 g/mol. The monoisotopic (exact) mass is 366 g/mol. The van der Waals surface area contributed by atoms with Gasteiger partial charge in [-0.15, -0.1) is 0 Å². The van der Waals surface area contributed by atoms with Crippen LogP contribution >= 0.6 is 0 Å². The summed E-state index contributed by atoms with van der Waals surface area (Å²) in [5, 5.41) is 22.5. The Hall–Kier alpha value is -1.40. The highest BCUT2D eigenvalue weighted by molar-refractivity contribution is 5.75. The molecule has 0 aromatic rings. The molecule has 1 saturated heterocycles. The first-order valence-corrected chi connectivity index (χ1v) is 9.51. The van der Waals surface area contributed by atoms with Gasteiger partial charge in [0, 0.05) is 17.8 Å². The van der Waals surface area contributed by atoms with Gasteiger partial charge in [-0.25, -0.2) is 0 Å². The minimum Gasteiger partial charge on any atom is -0.462 e. The number of esters is 2. The van der Waals surface area contributed by atoms with Crippen LogP contribution in [0.3, 0.4) is 0 Å². The minimum absolute atomic E-state index is 0.172. The molecule has 0 aromatic heterocycles. The molecule has 3 fully saturated rings. The summed E-state index contributed by atoms with van der Waals surface area (Å²) in [6.45, 7) is 11.5. The number of aliphatic hydroxyl groups is 2. The van der Waals surface area contributed by atoms with E-state index in [1.54, 1.807) is 13.8 Å². The number of aliphatic hydroxyl groups excluding tert-OH is 1. The maximum Gasteiger partial charge on any atom is 0.309 e. The number of ether oxygens (including phenoxy) is 2. The fourth-order valence-corrected chi connectivity index (χ4v) is 5.21. The average molecular weight is 366 g/mol. The smallest absolute Gasteiger partial charge is 0.309 e. The summed E-state index contributed by atoms with van der Waals surface area (Å²) in [5.74, 6) is -1.52. The molecule has 0 bridgehead atoms. The summed E-state index contributed by atoms with van der Waals surface area (Å²) >= 11 is 0. The Balaban J connectivity index is 1.96. The van der Waals surface area contributed by atoms with Gasteiger partial charge in [0.1, 0.15) is 17.8 Å². The zero-order valence-corrected chi connectivity index (χ0v) is 16.0. The Labute approximate surface area is 154 Å². The molecule has 7 atom stereocenters. The Morgan fingerprint density at radius 3 is 2.73 bits per heavy atom. The molecule has 146 valence electrons. The van der Waals surface area contributed by atoms with Crippen LogP contribution in [0.4, 0.5) is 0 Å². The largest absolute Gasteiger partial charge is 0.462 e. The molecule has 0 spiro atoms. The van der Waals surface area contributed by atoms with Crippen LogP contribution in [0.15, 0.2) is 12.2 Å². The lowest BCUT2D eigenvalue weighted by Gasteiger charge is -2.60. The van der Waals surface area contributed by atoms with Crippen LogP contribution in [-0.4, -0.2) is 46.1 Å². The molecule has 3 aliphatic rings. The number of fused-ring (bicyclic) bond motifs is 3. The van der Waals surface area contributed by atoms with E-state index in [4.69, 9.17) is 9.47 Å². The van der Waals surface area contributed by atoms with E-state index in [1.165, 1.54) is 0 Å². The first kappa shape index (κ1) is 19.4. The van der Waals surface area contributed by atoms with Crippen molar-refractivity contribution in [3.8, 4) is 0 Å². The SMILES string of the molecule is C=C1CCC(OC(=O)CC(C)C)C2(C)CC(O)C3C(C)C(=O)OC3C12O. The molecule has 2 N–H and O–H groups in total. The standard InChI is InChI=1S/C20H30O6/c1-10(2)8-15(22)25-14-7-6-11(3)20(24)17-16(12(4)18(23)26-17)13(21)9-19(14,20)5/h10,12-14,16-17,21,24H,3,6-9H2,1-2,4-5H3. The van der Waals surface area contributed by atoms with Crippen molar-refractivity contribution in [2.75, 3.05) is 0 Å². The summed E-state index contributed by atoms with van der Waals surface area (Å²) in [7, 11) is 0. The summed E-state index contributed by atoms with van der Waals surface area (Å²) in [6, 6.07) is 0. The molecule has 0 aromatic carbocycles. The second kappa shape index (κ2) is 6.34. The lowest BCUT2D eigenvalue weighted by atomic mass is 9.50. The van der Waals surface area contributed by atoms with Gasteiger partial charge in [0.2, 0.25) is 0 Å². The third-order valence-corrected chi connectivity index (χ3v) is 6.71. The molecule has 1 heterocycles. The van der Waals surface area contributed by atoms with Crippen LogP contribution in [0.1, 0.15) is 53.4 Å². The molecule has 2 aliphatic carbocycles. The molecule has 6 nitrogen and oxygen atoms in total. The second-order valence-corrected chi connectivity index (χ2v) is 8.90. The highest BCUT2D eigenvalue weighted by atomic mass is 16.6. The molecule has 6 heteroatoms. The molecule has 2 saturated carbocycles. The fourth-order valence-electron chi connectivity index (χ4n) is 5.21. The summed E-state index contributed by atoms with van der Waals surface area (Å²) in [6.07, 6.45) is -0.695. The van der Waals surface area contributed by atoms with Crippen molar-refractivity contribution in [3.05, 3.63) is 12.2 Å². The van der Waals surface area contributed by atoms with Crippen LogP contribution < -0.4 is 0 Å². The maximum absolute atomic E-state index is 12.3. The van der Waals surface area contributed by atoms with E-state index in [9.17, 15) is 19.8 Å². The lowest BCUT2D eigenvalue weighted by molar-refractivity contribution is -0.243. The summed E-state index contributed by atoms with van der Waals surface area (Å²) in [4.78, 5) is 24.4. The van der Waals surface area contributed by atoms with E-state index >= 15 is 0 Å². The van der Waals surface area contributed by atoms with Crippen LogP contribution in [-0.2, 0) is 19.1 Å². The van der Waals surface area contributed by atoms with Crippen molar-refractivity contribution in [1.29, 1.82) is 0 Å². The first-order valence-electron chi connectivity index (χ1n) is 9.51. The number of hydrogen-bond donors (Lipinski definition) is 2. The van der Waals surface area contributed by atoms with Gasteiger partial charge >= 0.3 is 11.9 Å². The Kier molecular flexibility index (Phi) is 4.72. The van der Waals surface area contributed by atoms with Gasteiger partial charge in [-0.05, 0) is 30.8 Å². The Morgan fingerprint density at radius 2 is 2.12 bits per heavy atom. The predicted molar refractivity (Wildman–Crippen MR) is 93.9 cm³/mol. The van der Waals surface area contributed by atoms with Gasteiger partial charge in [0.05, 0.1) is 12.0 Å². The predicted octanol–water partition coefficient (Wildman–Crippen LogP) is 1.97. The number of carbonyl (C=O) groups is 2. The topological polar surface area (TPSA) is 93.1 Å². The number of hydrogen-bond acceptors (Lipinski definition) is 6. The average Bonchev–Trinajstić information content (AvgIpc) is 2.83. The highest BCUT2D eigenvalue weighted by Gasteiger charge is 2.70. The Morgan fingerprint density at radius 1 is 1.46 bits per heavy atom. The lowest BCUT2D eigenvalue weighted by Crippen LogP contribution is -2.70. The molecule has 3 rings (SSSR count). The number of rotatable bonds is 3. The first-order chi connectivity index (χ1) is 12.0. The van der Waals surface area contributed by atoms with Crippen molar-refractivity contribution in [2.24, 2.45) is 23.2 Å². The highest BCUT2D eigenvalue weighted by Crippen LogP contribution is 2.60. The van der Waals surface area contributed by atoms with Gasteiger partial charge in [-0.3, -0.25) is 9.59 Å². The molecule has 1 aliphatic heterocycles. The van der Waals surface area contributed by atoms with E-state index in [1.807, 2.05) is 13.8 Å². The van der Waals surface area contributed by atoms with E-state index in [-0.39, 0.29) is 18.3 Å². The summed E-state index contributed by atoms with van der Waals surface area (Å²) < 4.78 is 11.3. The van der Waals surface area contributed by atoms with Crippen LogP contribution in [0, 0.1) is 23.2 Å². The minimum atomic E-state index is -1.52.